The number of nitrogens with zero attached hydrogens (tertiary/aromatic N) is 2. The van der Waals surface area contributed by atoms with Crippen molar-refractivity contribution < 1.29 is 0 Å². The van der Waals surface area contributed by atoms with Gasteiger partial charge >= 0.3 is 0 Å². The first kappa shape index (κ1) is 15.8. The number of aryl methyl sites for hydroxylation is 2. The normalized spacial score (nSPS) is 11.0. The molecule has 0 aliphatic heterocycles. The Bertz CT molecular complexity index is 561. The summed E-state index contributed by atoms with van der Waals surface area (Å²) in [6.45, 7) is 7.92. The van der Waals surface area contributed by atoms with E-state index < -0.39 is 0 Å². The molecule has 0 saturated heterocycles. The lowest BCUT2D eigenvalue weighted by Gasteiger charge is -2.07. The summed E-state index contributed by atoms with van der Waals surface area (Å²) in [4.78, 5) is 10.3. The van der Waals surface area contributed by atoms with Crippen molar-refractivity contribution in [3.8, 4) is 0 Å². The van der Waals surface area contributed by atoms with Crippen LogP contribution in [0.2, 0.25) is 4.34 Å². The molecular weight excluding hydrogens is 310 g/mol. The Hall–Kier alpha value is -0.620. The van der Waals surface area contributed by atoms with Crippen molar-refractivity contribution in [2.45, 2.75) is 32.5 Å². The van der Waals surface area contributed by atoms with Gasteiger partial charge in [-0.05, 0) is 38.5 Å². The van der Waals surface area contributed by atoms with Crippen molar-refractivity contribution >= 4 is 34.7 Å². The fourth-order valence-corrected chi connectivity index (χ4v) is 3.57. The zero-order chi connectivity index (χ0) is 14.5. The third-order valence-corrected chi connectivity index (χ3v) is 5.13. The molecule has 6 heteroatoms. The molecule has 0 amide bonds. The van der Waals surface area contributed by atoms with Crippen molar-refractivity contribution in [3.05, 3.63) is 38.3 Å². The second kappa shape index (κ2) is 7.41. The summed E-state index contributed by atoms with van der Waals surface area (Å²) in [5.74, 6) is 0.959. The molecule has 0 aliphatic rings. The Labute approximate surface area is 133 Å². The van der Waals surface area contributed by atoms with E-state index in [0.717, 1.165) is 39.7 Å². The molecule has 0 unspecified atom stereocenters. The lowest BCUT2D eigenvalue weighted by Crippen LogP contribution is -2.16. The van der Waals surface area contributed by atoms with Gasteiger partial charge in [0.25, 0.3) is 0 Å². The van der Waals surface area contributed by atoms with Crippen LogP contribution < -0.4 is 5.32 Å². The molecule has 0 radical (unpaired) electrons. The van der Waals surface area contributed by atoms with Crippen molar-refractivity contribution in [2.24, 2.45) is 0 Å². The molecule has 0 aliphatic carbocycles. The third kappa shape index (κ3) is 4.45. The second-order valence-corrected chi connectivity index (χ2v) is 7.39. The molecule has 3 nitrogen and oxygen atoms in total. The summed E-state index contributed by atoms with van der Waals surface area (Å²) in [7, 11) is 0. The number of hydrogen-bond acceptors (Lipinski definition) is 5. The smallest absolute Gasteiger partial charge is 0.188 e. The van der Waals surface area contributed by atoms with Gasteiger partial charge in [-0.1, -0.05) is 23.4 Å². The minimum absolute atomic E-state index is 0.843. The molecule has 0 fully saturated rings. The van der Waals surface area contributed by atoms with Gasteiger partial charge in [0.2, 0.25) is 0 Å². The summed E-state index contributed by atoms with van der Waals surface area (Å²) in [5, 5.41) is 4.27. The van der Waals surface area contributed by atoms with E-state index in [-0.39, 0.29) is 0 Å². The molecule has 0 bridgehead atoms. The number of thioether (sulfide) groups is 1. The average Bonchev–Trinajstić information content (AvgIpc) is 2.81. The molecule has 0 aromatic carbocycles. The van der Waals surface area contributed by atoms with E-state index in [0.29, 0.717) is 0 Å². The molecule has 0 saturated carbocycles. The van der Waals surface area contributed by atoms with E-state index in [1.807, 2.05) is 19.9 Å². The van der Waals surface area contributed by atoms with Gasteiger partial charge in [0.1, 0.15) is 0 Å². The van der Waals surface area contributed by atoms with Crippen molar-refractivity contribution in [1.82, 2.24) is 15.3 Å². The topological polar surface area (TPSA) is 37.8 Å². The molecular formula is C14H18ClN3S2. The largest absolute Gasteiger partial charge is 0.311 e. The van der Waals surface area contributed by atoms with E-state index in [9.17, 15) is 0 Å². The highest BCUT2D eigenvalue weighted by atomic mass is 35.5. The summed E-state index contributed by atoms with van der Waals surface area (Å²) in [6, 6.07) is 3.99. The van der Waals surface area contributed by atoms with Gasteiger partial charge in [-0.15, -0.1) is 11.3 Å². The predicted octanol–water partition coefficient (Wildman–Crippen LogP) is 4.00. The standard InChI is InChI=1S/C14H18ClN3S2/c1-9-10(2)17-14(18-11(9)3)19-7-6-16-8-12-4-5-13(15)20-12/h4-5,16H,6-8H2,1-3H3. The monoisotopic (exact) mass is 327 g/mol. The Balaban J connectivity index is 1.73. The minimum Gasteiger partial charge on any atom is -0.311 e. The molecule has 2 heterocycles. The van der Waals surface area contributed by atoms with Crippen LogP contribution in [0.1, 0.15) is 21.8 Å². The van der Waals surface area contributed by atoms with Crippen LogP contribution >= 0.6 is 34.7 Å². The maximum absolute atomic E-state index is 5.89. The zero-order valence-corrected chi connectivity index (χ0v) is 14.3. The summed E-state index contributed by atoms with van der Waals surface area (Å²) < 4.78 is 0.843. The van der Waals surface area contributed by atoms with Gasteiger partial charge in [0.15, 0.2) is 5.16 Å². The first-order valence-electron chi connectivity index (χ1n) is 6.46. The third-order valence-electron chi connectivity index (χ3n) is 3.05. The Morgan fingerprint density at radius 2 is 1.90 bits per heavy atom. The van der Waals surface area contributed by atoms with E-state index in [4.69, 9.17) is 11.6 Å². The van der Waals surface area contributed by atoms with Crippen molar-refractivity contribution in [2.75, 3.05) is 12.3 Å². The highest BCUT2D eigenvalue weighted by molar-refractivity contribution is 7.99. The highest BCUT2D eigenvalue weighted by Gasteiger charge is 2.04. The zero-order valence-electron chi connectivity index (χ0n) is 11.9. The summed E-state index contributed by atoms with van der Waals surface area (Å²) >= 11 is 9.20. The maximum Gasteiger partial charge on any atom is 0.188 e. The fraction of sp³-hybridized carbons (Fsp3) is 0.429. The lowest BCUT2D eigenvalue weighted by atomic mass is 10.2. The predicted molar refractivity (Wildman–Crippen MR) is 88.0 cm³/mol. The molecule has 2 aromatic heterocycles. The molecule has 0 spiro atoms. The molecule has 20 heavy (non-hydrogen) atoms. The van der Waals surface area contributed by atoms with E-state index in [2.05, 4.69) is 28.3 Å². The Kier molecular flexibility index (Phi) is 5.84. The summed E-state index contributed by atoms with van der Waals surface area (Å²) in [6.07, 6.45) is 0. The SMILES string of the molecule is Cc1nc(SCCNCc2ccc(Cl)s2)nc(C)c1C. The molecule has 0 atom stereocenters. The van der Waals surface area contributed by atoms with Crippen LogP contribution in [0.4, 0.5) is 0 Å². The van der Waals surface area contributed by atoms with Gasteiger partial charge in [0, 0.05) is 35.1 Å². The number of nitrogens with one attached hydrogen (secondary N) is 1. The highest BCUT2D eigenvalue weighted by Crippen LogP contribution is 2.21. The van der Waals surface area contributed by atoms with Crippen molar-refractivity contribution in [1.29, 1.82) is 0 Å². The van der Waals surface area contributed by atoms with E-state index >= 15 is 0 Å². The first-order chi connectivity index (χ1) is 9.56. The number of aromatic nitrogens is 2. The Morgan fingerprint density at radius 1 is 1.20 bits per heavy atom. The van der Waals surface area contributed by atoms with Crippen LogP contribution in [0.15, 0.2) is 17.3 Å². The van der Waals surface area contributed by atoms with Gasteiger partial charge in [-0.25, -0.2) is 9.97 Å². The van der Waals surface area contributed by atoms with Crippen molar-refractivity contribution in [3.63, 3.8) is 0 Å². The van der Waals surface area contributed by atoms with Gasteiger partial charge in [-0.2, -0.15) is 0 Å². The number of halogens is 1. The van der Waals surface area contributed by atoms with Crippen LogP contribution in [-0.2, 0) is 6.54 Å². The first-order valence-corrected chi connectivity index (χ1v) is 8.64. The van der Waals surface area contributed by atoms with E-state index in [1.54, 1.807) is 23.1 Å². The van der Waals surface area contributed by atoms with Gasteiger partial charge < -0.3 is 5.32 Å². The van der Waals surface area contributed by atoms with Crippen LogP contribution in [0.5, 0.6) is 0 Å². The van der Waals surface area contributed by atoms with Gasteiger partial charge in [-0.3, -0.25) is 0 Å². The fourth-order valence-electron chi connectivity index (χ4n) is 1.68. The molecule has 2 rings (SSSR count). The number of thiophene rings is 1. The summed E-state index contributed by atoms with van der Waals surface area (Å²) in [5.41, 5.74) is 3.32. The second-order valence-electron chi connectivity index (χ2n) is 4.53. The maximum atomic E-state index is 5.89. The minimum atomic E-state index is 0.843. The van der Waals surface area contributed by atoms with Crippen LogP contribution in [0, 0.1) is 20.8 Å². The van der Waals surface area contributed by atoms with Crippen LogP contribution in [-0.4, -0.2) is 22.3 Å². The Morgan fingerprint density at radius 3 is 2.50 bits per heavy atom. The van der Waals surface area contributed by atoms with E-state index in [1.165, 1.54) is 10.4 Å². The average molecular weight is 328 g/mol. The van der Waals surface area contributed by atoms with Crippen LogP contribution in [0.25, 0.3) is 0 Å². The molecule has 108 valence electrons. The quantitative estimate of drug-likeness (QED) is 0.494. The molecule has 2 aromatic rings. The molecule has 1 N–H and O–H groups in total. The number of rotatable bonds is 6. The lowest BCUT2D eigenvalue weighted by molar-refractivity contribution is 0.739. The number of hydrogen-bond donors (Lipinski definition) is 1. The van der Waals surface area contributed by atoms with Gasteiger partial charge in [0.05, 0.1) is 4.34 Å². The van der Waals surface area contributed by atoms with Crippen LogP contribution in [0.3, 0.4) is 0 Å².